The first kappa shape index (κ1) is 33.5. The van der Waals surface area contributed by atoms with Crippen LogP contribution in [-0.2, 0) is 26.2 Å². The summed E-state index contributed by atoms with van der Waals surface area (Å²) in [6.07, 6.45) is 6.98. The molecule has 5 aliphatic rings. The number of imide groups is 2. The van der Waals surface area contributed by atoms with Crippen LogP contribution in [-0.4, -0.2) is 49.5 Å². The molecule has 2 aromatic heterocycles. The number of phenolic OH excluding ortho intramolecular Hbond substituents is 1. The molecule has 6 unspecified atom stereocenters. The van der Waals surface area contributed by atoms with E-state index in [0.29, 0.717) is 28.5 Å². The van der Waals surface area contributed by atoms with Crippen LogP contribution in [0.1, 0.15) is 68.9 Å². The number of likely N-dealkylation sites (tertiary alicyclic amines) is 1. The van der Waals surface area contributed by atoms with Gasteiger partial charge in [-0.15, -0.1) is 11.3 Å². The summed E-state index contributed by atoms with van der Waals surface area (Å²) in [6, 6.07) is 11.5. The lowest BCUT2D eigenvalue weighted by Gasteiger charge is -2.49. The second-order valence-corrected chi connectivity index (χ2v) is 16.9. The molecule has 3 aliphatic carbocycles. The summed E-state index contributed by atoms with van der Waals surface area (Å²) in [6.45, 7) is 3.72. The van der Waals surface area contributed by atoms with Crippen molar-refractivity contribution >= 4 is 62.5 Å². The number of thiophene rings is 1. The second-order valence-electron chi connectivity index (χ2n) is 15.4. The van der Waals surface area contributed by atoms with E-state index < -0.39 is 58.4 Å². The van der Waals surface area contributed by atoms with Crippen LogP contribution >= 0.6 is 22.9 Å². The maximum absolute atomic E-state index is 15.1. The molecule has 12 heteroatoms. The van der Waals surface area contributed by atoms with Crippen molar-refractivity contribution in [2.75, 3.05) is 4.90 Å². The fraction of sp³-hybridized carbons (Fsp3) is 0.425. The molecular weight excluding hydrogens is 703 g/mol. The molecule has 6 atom stereocenters. The first-order valence-corrected chi connectivity index (χ1v) is 19.3. The van der Waals surface area contributed by atoms with Gasteiger partial charge in [0.25, 0.3) is 0 Å². The minimum absolute atomic E-state index is 0.134. The number of aryl methyl sites for hydroxylation is 2. The van der Waals surface area contributed by atoms with Gasteiger partial charge in [-0.3, -0.25) is 28.8 Å². The molecule has 2 aliphatic heterocycles. The van der Waals surface area contributed by atoms with Gasteiger partial charge in [0.15, 0.2) is 11.6 Å². The molecule has 52 heavy (non-hydrogen) atoms. The molecule has 4 fully saturated rings. The van der Waals surface area contributed by atoms with Gasteiger partial charge in [-0.05, 0) is 80.7 Å². The Morgan fingerprint density at radius 1 is 1.00 bits per heavy atom. The van der Waals surface area contributed by atoms with E-state index in [2.05, 4.69) is 0 Å². The van der Waals surface area contributed by atoms with Crippen molar-refractivity contribution < 1.29 is 28.7 Å². The van der Waals surface area contributed by atoms with Gasteiger partial charge in [0.1, 0.15) is 11.5 Å². The van der Waals surface area contributed by atoms with Crippen LogP contribution in [0.3, 0.4) is 0 Å². The summed E-state index contributed by atoms with van der Waals surface area (Å²) in [4.78, 5) is 61.6. The third-order valence-electron chi connectivity index (χ3n) is 12.8. The van der Waals surface area contributed by atoms with Crippen LogP contribution in [0.25, 0.3) is 20.7 Å². The molecule has 0 radical (unpaired) electrons. The number of aromatic hydroxyl groups is 1. The SMILES string of the molecule is Cc1c(-c2cc(N3C(=O)C4CC5C(=CCC6C(=O)N(C7CCCCC7)C(=O)C65)C(c5cccc(F)c5O)C4(C)C3=O)n(C)n2)sc2ccc(Cl)cc12. The number of hydrogen-bond donors (Lipinski definition) is 1. The molecule has 9 rings (SSSR count). The molecule has 1 N–H and O–H groups in total. The summed E-state index contributed by atoms with van der Waals surface area (Å²) in [5, 5.41) is 17.6. The first-order chi connectivity index (χ1) is 24.9. The molecule has 9 nitrogen and oxygen atoms in total. The molecule has 2 aromatic carbocycles. The molecular formula is C40H38ClFN4O5S. The average molecular weight is 741 g/mol. The second kappa shape index (κ2) is 11.8. The largest absolute Gasteiger partial charge is 0.505 e. The maximum Gasteiger partial charge on any atom is 0.242 e. The molecule has 0 spiro atoms. The summed E-state index contributed by atoms with van der Waals surface area (Å²) >= 11 is 7.85. The van der Waals surface area contributed by atoms with Crippen LogP contribution in [0, 0.1) is 41.8 Å². The van der Waals surface area contributed by atoms with Gasteiger partial charge in [0, 0.05) is 40.4 Å². The average Bonchev–Trinajstić information content (AvgIpc) is 3.80. The van der Waals surface area contributed by atoms with Gasteiger partial charge in [-0.2, -0.15) is 5.10 Å². The highest BCUT2D eigenvalue weighted by Gasteiger charge is 2.68. The summed E-state index contributed by atoms with van der Waals surface area (Å²) < 4.78 is 17.7. The summed E-state index contributed by atoms with van der Waals surface area (Å²) in [5.41, 5.74) is 1.05. The number of aromatic nitrogens is 2. The number of allylic oxidation sites excluding steroid dienone is 2. The van der Waals surface area contributed by atoms with E-state index in [0.717, 1.165) is 58.7 Å². The van der Waals surface area contributed by atoms with Crippen molar-refractivity contribution in [2.45, 2.75) is 70.8 Å². The van der Waals surface area contributed by atoms with E-state index >= 15 is 4.39 Å². The predicted octanol–water partition coefficient (Wildman–Crippen LogP) is 7.67. The number of fused-ring (bicyclic) bond motifs is 5. The van der Waals surface area contributed by atoms with Crippen molar-refractivity contribution in [3.63, 3.8) is 0 Å². The molecule has 2 saturated carbocycles. The summed E-state index contributed by atoms with van der Waals surface area (Å²) in [5.74, 6) is -6.04. The Labute approximate surface area is 309 Å². The number of rotatable bonds is 4. The monoisotopic (exact) mass is 740 g/mol. The minimum atomic E-state index is -1.43. The number of anilines is 1. The highest BCUT2D eigenvalue weighted by Crippen LogP contribution is 2.64. The number of nitrogens with zero attached hydrogens (tertiary/aromatic N) is 4. The van der Waals surface area contributed by atoms with Gasteiger partial charge >= 0.3 is 0 Å². The summed E-state index contributed by atoms with van der Waals surface area (Å²) in [7, 11) is 1.69. The zero-order valence-corrected chi connectivity index (χ0v) is 30.6. The Balaban J connectivity index is 1.15. The first-order valence-electron chi connectivity index (χ1n) is 18.1. The highest BCUT2D eigenvalue weighted by atomic mass is 35.5. The fourth-order valence-corrected chi connectivity index (χ4v) is 11.6. The van der Waals surface area contributed by atoms with Crippen molar-refractivity contribution in [1.82, 2.24) is 14.7 Å². The van der Waals surface area contributed by atoms with E-state index in [4.69, 9.17) is 16.7 Å². The topological polar surface area (TPSA) is 113 Å². The Hall–Kier alpha value is -4.35. The molecule has 4 heterocycles. The van der Waals surface area contributed by atoms with E-state index in [1.807, 2.05) is 31.2 Å². The van der Waals surface area contributed by atoms with Crippen molar-refractivity contribution in [2.24, 2.45) is 36.1 Å². The van der Waals surface area contributed by atoms with Crippen molar-refractivity contribution in [1.29, 1.82) is 0 Å². The molecule has 2 saturated heterocycles. The van der Waals surface area contributed by atoms with Crippen LogP contribution in [0.15, 0.2) is 54.1 Å². The number of hydrogen-bond acceptors (Lipinski definition) is 7. The van der Waals surface area contributed by atoms with E-state index in [9.17, 15) is 24.3 Å². The molecule has 0 bridgehead atoms. The van der Waals surface area contributed by atoms with Gasteiger partial charge < -0.3 is 5.11 Å². The van der Waals surface area contributed by atoms with Crippen LogP contribution in [0.4, 0.5) is 10.2 Å². The number of halogens is 2. The van der Waals surface area contributed by atoms with Gasteiger partial charge in [-0.25, -0.2) is 9.29 Å². The zero-order chi connectivity index (χ0) is 36.4. The number of phenols is 1. The number of para-hydroxylation sites is 1. The number of amides is 4. The quantitative estimate of drug-likeness (QED) is 0.170. The third kappa shape index (κ3) is 4.54. The smallest absolute Gasteiger partial charge is 0.242 e. The van der Waals surface area contributed by atoms with Gasteiger partial charge in [-0.1, -0.05) is 54.6 Å². The van der Waals surface area contributed by atoms with Crippen molar-refractivity contribution in [3.8, 4) is 16.3 Å². The Bertz CT molecular complexity index is 2270. The van der Waals surface area contributed by atoms with E-state index in [1.165, 1.54) is 20.5 Å². The Kier molecular flexibility index (Phi) is 7.62. The molecule has 4 amide bonds. The number of benzene rings is 2. The van der Waals surface area contributed by atoms with Gasteiger partial charge in [0.05, 0.1) is 28.0 Å². The molecule has 268 valence electrons. The van der Waals surface area contributed by atoms with Crippen LogP contribution in [0.5, 0.6) is 5.75 Å². The normalized spacial score (nSPS) is 29.2. The lowest BCUT2D eigenvalue weighted by Crippen LogP contribution is -2.49. The fourth-order valence-electron chi connectivity index (χ4n) is 10.3. The predicted molar refractivity (Wildman–Crippen MR) is 195 cm³/mol. The minimum Gasteiger partial charge on any atom is -0.505 e. The number of carbonyl (C=O) groups excluding carboxylic acids is 4. The Morgan fingerprint density at radius 2 is 1.77 bits per heavy atom. The maximum atomic E-state index is 15.1. The lowest BCUT2D eigenvalue weighted by molar-refractivity contribution is -0.144. The molecule has 4 aromatic rings. The van der Waals surface area contributed by atoms with E-state index in [-0.39, 0.29) is 29.8 Å². The Morgan fingerprint density at radius 3 is 2.54 bits per heavy atom. The standard InChI is InChI=1S/C40H38ClFN4O5S/c1-19-25-16-20(41)12-15-30(25)52-35(19)29-18-31(44(3)43-29)46-37(49)27-17-26-22(33(40(27,2)39(46)51)24-10-7-11-28(42)34(24)47)13-14-23-32(26)38(50)45(36(23)48)21-8-5-4-6-9-21/h7,10-13,15-16,18,21,23,26-27,32-33,47H,4-6,8-9,14,17H2,1-3H3. The van der Waals surface area contributed by atoms with E-state index in [1.54, 1.807) is 37.4 Å². The highest BCUT2D eigenvalue weighted by molar-refractivity contribution is 7.22. The van der Waals surface area contributed by atoms with Crippen molar-refractivity contribution in [3.05, 3.63) is 76.1 Å². The lowest BCUT2D eigenvalue weighted by atomic mass is 9.51. The van der Waals surface area contributed by atoms with Gasteiger partial charge in [0.2, 0.25) is 23.6 Å². The third-order valence-corrected chi connectivity index (χ3v) is 14.3. The zero-order valence-electron chi connectivity index (χ0n) is 29.1. The number of carbonyl (C=O) groups is 4. The van der Waals surface area contributed by atoms with Crippen LogP contribution in [0.2, 0.25) is 5.02 Å². The van der Waals surface area contributed by atoms with Crippen LogP contribution < -0.4 is 4.90 Å².